The van der Waals surface area contributed by atoms with Gasteiger partial charge in [-0.25, -0.2) is 12.8 Å². The van der Waals surface area contributed by atoms with Crippen LogP contribution in [0.25, 0.3) is 0 Å². The van der Waals surface area contributed by atoms with Crippen molar-refractivity contribution >= 4 is 55.5 Å². The molecule has 8 nitrogen and oxygen atoms in total. The minimum atomic E-state index is -3.47. The Hall–Kier alpha value is -2.54. The van der Waals surface area contributed by atoms with Crippen LogP contribution in [0.5, 0.6) is 0 Å². The van der Waals surface area contributed by atoms with Gasteiger partial charge >= 0.3 is 0 Å². The van der Waals surface area contributed by atoms with Crippen LogP contribution < -0.4 is 10.6 Å². The fourth-order valence-corrected chi connectivity index (χ4v) is 6.18. The SMILES string of the molecule is O=C(CSc1nnc(Nc2ccc(F)cc2)s1)Nc1ccc(S(=O)(=O)N2CCCC2)cc1. The molecule has 168 valence electrons. The van der Waals surface area contributed by atoms with Gasteiger partial charge in [-0.1, -0.05) is 23.1 Å². The minimum absolute atomic E-state index is 0.124. The number of aromatic nitrogens is 2. The van der Waals surface area contributed by atoms with Crippen molar-refractivity contribution in [3.8, 4) is 0 Å². The lowest BCUT2D eigenvalue weighted by molar-refractivity contribution is -0.113. The number of nitrogens with one attached hydrogen (secondary N) is 2. The number of carbonyl (C=O) groups excluding carboxylic acids is 1. The molecule has 1 aliphatic heterocycles. The number of sulfonamides is 1. The van der Waals surface area contributed by atoms with Crippen LogP contribution in [0.15, 0.2) is 57.8 Å². The largest absolute Gasteiger partial charge is 0.330 e. The number of hydrogen-bond acceptors (Lipinski definition) is 8. The summed E-state index contributed by atoms with van der Waals surface area (Å²) in [7, 11) is -3.47. The smallest absolute Gasteiger partial charge is 0.243 e. The van der Waals surface area contributed by atoms with Crippen molar-refractivity contribution in [3.05, 3.63) is 54.3 Å². The zero-order valence-corrected chi connectivity index (χ0v) is 19.3. The van der Waals surface area contributed by atoms with E-state index >= 15 is 0 Å². The number of thioether (sulfide) groups is 1. The van der Waals surface area contributed by atoms with E-state index in [0.717, 1.165) is 12.8 Å². The molecule has 0 atom stereocenters. The molecule has 1 aromatic heterocycles. The summed E-state index contributed by atoms with van der Waals surface area (Å²) in [5.41, 5.74) is 1.21. The number of carbonyl (C=O) groups is 1. The van der Waals surface area contributed by atoms with E-state index in [1.807, 2.05) is 0 Å². The first-order valence-electron chi connectivity index (χ1n) is 9.79. The number of halogens is 1. The number of rotatable bonds is 8. The quantitative estimate of drug-likeness (QED) is 0.458. The third-order valence-electron chi connectivity index (χ3n) is 4.67. The van der Waals surface area contributed by atoms with Gasteiger partial charge in [-0.3, -0.25) is 4.79 Å². The first-order valence-corrected chi connectivity index (χ1v) is 13.0. The molecule has 0 unspecified atom stereocenters. The monoisotopic (exact) mass is 493 g/mol. The van der Waals surface area contributed by atoms with Crippen LogP contribution in [0.1, 0.15) is 12.8 Å². The van der Waals surface area contributed by atoms with Crippen molar-refractivity contribution in [1.82, 2.24) is 14.5 Å². The molecule has 1 fully saturated rings. The number of benzene rings is 2. The highest BCUT2D eigenvalue weighted by molar-refractivity contribution is 8.01. The summed E-state index contributed by atoms with van der Waals surface area (Å²) >= 11 is 2.52. The maximum atomic E-state index is 13.0. The number of hydrogen-bond donors (Lipinski definition) is 2. The normalized spacial score (nSPS) is 14.4. The lowest BCUT2D eigenvalue weighted by atomic mass is 10.3. The second-order valence-corrected chi connectivity index (χ2v) is 11.1. The van der Waals surface area contributed by atoms with Gasteiger partial charge in [-0.05, 0) is 61.4 Å². The van der Waals surface area contributed by atoms with Gasteiger partial charge in [-0.2, -0.15) is 4.31 Å². The first kappa shape index (κ1) is 22.6. The van der Waals surface area contributed by atoms with Crippen molar-refractivity contribution in [1.29, 1.82) is 0 Å². The number of anilines is 3. The Kier molecular flexibility index (Phi) is 7.04. The average Bonchev–Trinajstić information content (AvgIpc) is 3.47. The van der Waals surface area contributed by atoms with E-state index in [2.05, 4.69) is 20.8 Å². The molecule has 2 heterocycles. The third kappa shape index (κ3) is 5.63. The van der Waals surface area contributed by atoms with Crippen molar-refractivity contribution < 1.29 is 17.6 Å². The molecule has 1 aliphatic rings. The molecule has 2 aromatic carbocycles. The highest BCUT2D eigenvalue weighted by Gasteiger charge is 2.26. The van der Waals surface area contributed by atoms with E-state index in [4.69, 9.17) is 0 Å². The molecular weight excluding hydrogens is 473 g/mol. The van der Waals surface area contributed by atoms with Crippen molar-refractivity contribution in [3.63, 3.8) is 0 Å². The summed E-state index contributed by atoms with van der Waals surface area (Å²) < 4.78 is 40.2. The van der Waals surface area contributed by atoms with E-state index in [1.165, 1.54) is 51.7 Å². The fourth-order valence-electron chi connectivity index (χ4n) is 3.09. The maximum absolute atomic E-state index is 13.0. The molecule has 0 spiro atoms. The van der Waals surface area contributed by atoms with Gasteiger partial charge in [-0.15, -0.1) is 10.2 Å². The minimum Gasteiger partial charge on any atom is -0.330 e. The standard InChI is InChI=1S/C20H20FN5O3S3/c21-14-3-5-16(6-4-14)23-19-24-25-20(31-19)30-13-18(27)22-15-7-9-17(10-8-15)32(28,29)26-11-1-2-12-26/h3-10H,1-2,11-13H2,(H,22,27)(H,23,24). The molecule has 2 N–H and O–H groups in total. The maximum Gasteiger partial charge on any atom is 0.243 e. The van der Waals surface area contributed by atoms with Gasteiger partial charge < -0.3 is 10.6 Å². The molecule has 0 bridgehead atoms. The topological polar surface area (TPSA) is 104 Å². The molecule has 1 amide bonds. The summed E-state index contributed by atoms with van der Waals surface area (Å²) in [5.74, 6) is -0.440. The number of amides is 1. The van der Waals surface area contributed by atoms with Gasteiger partial charge in [0.25, 0.3) is 0 Å². The Morgan fingerprint density at radius 1 is 1.03 bits per heavy atom. The molecule has 0 radical (unpaired) electrons. The van der Waals surface area contributed by atoms with E-state index in [9.17, 15) is 17.6 Å². The molecule has 3 aromatic rings. The van der Waals surface area contributed by atoms with Crippen molar-refractivity contribution in [2.75, 3.05) is 29.5 Å². The molecule has 32 heavy (non-hydrogen) atoms. The van der Waals surface area contributed by atoms with Crippen LogP contribution in [-0.2, 0) is 14.8 Å². The fraction of sp³-hybridized carbons (Fsp3) is 0.250. The Bertz CT molecular complexity index is 1180. The predicted octanol–water partition coefficient (Wildman–Crippen LogP) is 3.94. The van der Waals surface area contributed by atoms with Crippen LogP contribution in [0.2, 0.25) is 0 Å². The lowest BCUT2D eigenvalue weighted by Crippen LogP contribution is -2.27. The summed E-state index contributed by atoms with van der Waals surface area (Å²) in [6.07, 6.45) is 1.76. The Balaban J connectivity index is 1.28. The third-order valence-corrected chi connectivity index (χ3v) is 8.55. The number of nitrogens with zero attached hydrogens (tertiary/aromatic N) is 3. The van der Waals surface area contributed by atoms with Crippen LogP contribution in [-0.4, -0.2) is 47.7 Å². The van der Waals surface area contributed by atoms with E-state index < -0.39 is 10.0 Å². The molecule has 0 saturated carbocycles. The average molecular weight is 494 g/mol. The first-order chi connectivity index (χ1) is 15.4. The summed E-state index contributed by atoms with van der Waals surface area (Å²) in [6.45, 7) is 1.09. The molecule has 0 aliphatic carbocycles. The highest BCUT2D eigenvalue weighted by Crippen LogP contribution is 2.28. The molecule has 12 heteroatoms. The van der Waals surface area contributed by atoms with Gasteiger partial charge in [0.1, 0.15) is 5.82 Å². The van der Waals surface area contributed by atoms with Gasteiger partial charge in [0.05, 0.1) is 10.6 Å². The van der Waals surface area contributed by atoms with E-state index in [1.54, 1.807) is 24.3 Å². The Morgan fingerprint density at radius 2 is 1.69 bits per heavy atom. The van der Waals surface area contributed by atoms with Crippen LogP contribution in [0.4, 0.5) is 20.9 Å². The summed E-state index contributed by atoms with van der Waals surface area (Å²) in [5, 5.41) is 14.4. The summed E-state index contributed by atoms with van der Waals surface area (Å²) in [6, 6.07) is 12.1. The van der Waals surface area contributed by atoms with Crippen LogP contribution >= 0.6 is 23.1 Å². The second kappa shape index (κ2) is 9.94. The molecular formula is C20H20FN5O3S3. The molecule has 1 saturated heterocycles. The van der Waals surface area contributed by atoms with Gasteiger partial charge in [0, 0.05) is 24.5 Å². The van der Waals surface area contributed by atoms with E-state index in [0.29, 0.717) is 33.9 Å². The Labute approximate surface area is 193 Å². The zero-order valence-electron chi connectivity index (χ0n) is 16.8. The van der Waals surface area contributed by atoms with Gasteiger partial charge in [0.15, 0.2) is 4.34 Å². The zero-order chi connectivity index (χ0) is 22.6. The van der Waals surface area contributed by atoms with Gasteiger partial charge in [0.2, 0.25) is 21.1 Å². The van der Waals surface area contributed by atoms with Crippen molar-refractivity contribution in [2.24, 2.45) is 0 Å². The predicted molar refractivity (Wildman–Crippen MR) is 123 cm³/mol. The Morgan fingerprint density at radius 3 is 2.38 bits per heavy atom. The van der Waals surface area contributed by atoms with Crippen molar-refractivity contribution in [2.45, 2.75) is 22.1 Å². The lowest BCUT2D eigenvalue weighted by Gasteiger charge is -2.15. The van der Waals surface area contributed by atoms with Crippen LogP contribution in [0, 0.1) is 5.82 Å². The highest BCUT2D eigenvalue weighted by atomic mass is 32.2. The summed E-state index contributed by atoms with van der Waals surface area (Å²) in [4.78, 5) is 12.5. The molecule has 4 rings (SSSR count). The second-order valence-electron chi connectivity index (χ2n) is 6.98. The van der Waals surface area contributed by atoms with E-state index in [-0.39, 0.29) is 22.4 Å². The van der Waals surface area contributed by atoms with Crippen LogP contribution in [0.3, 0.4) is 0 Å².